The second-order valence-corrected chi connectivity index (χ2v) is 21.8. The van der Waals surface area contributed by atoms with Crippen molar-refractivity contribution in [1.29, 1.82) is 0 Å². The van der Waals surface area contributed by atoms with E-state index in [0.29, 0.717) is 23.9 Å². The molecule has 1 amide bonds. The number of unbranched alkanes of at least 4 members (excludes halogenated alkanes) is 31. The number of esters is 1. The molecule has 0 bridgehead atoms. The van der Waals surface area contributed by atoms with Gasteiger partial charge in [-0.1, -0.05) is 205 Å². The minimum atomic E-state index is -4.69. The van der Waals surface area contributed by atoms with E-state index >= 15 is 0 Å². The van der Waals surface area contributed by atoms with Gasteiger partial charge in [-0.3, -0.25) is 14.2 Å². The molecule has 3 unspecified atom stereocenters. The van der Waals surface area contributed by atoms with Crippen molar-refractivity contribution in [3.8, 4) is 0 Å². The molecule has 0 aliphatic rings. The van der Waals surface area contributed by atoms with Gasteiger partial charge in [-0.25, -0.2) is 0 Å². The van der Waals surface area contributed by atoms with Crippen molar-refractivity contribution in [3.63, 3.8) is 0 Å². The Hall–Kier alpha value is -1.77. The molecular formula is C57H109N2O7P. The maximum atomic E-state index is 13.4. The largest absolute Gasteiger partial charge is 0.756 e. The van der Waals surface area contributed by atoms with E-state index in [9.17, 15) is 19.0 Å². The van der Waals surface area contributed by atoms with Crippen LogP contribution in [-0.4, -0.2) is 69.4 Å². The smallest absolute Gasteiger partial charge is 0.306 e. The minimum absolute atomic E-state index is 0.0244. The molecule has 0 radical (unpaired) electrons. The lowest BCUT2D eigenvalue weighted by molar-refractivity contribution is -0.870. The molecule has 0 aromatic heterocycles. The van der Waals surface area contributed by atoms with E-state index in [0.717, 1.165) is 77.0 Å². The first-order chi connectivity index (χ1) is 32.4. The van der Waals surface area contributed by atoms with E-state index in [1.54, 1.807) is 0 Å². The highest BCUT2D eigenvalue weighted by Crippen LogP contribution is 2.38. The van der Waals surface area contributed by atoms with Crippen LogP contribution in [0.25, 0.3) is 0 Å². The molecule has 0 aliphatic heterocycles. The van der Waals surface area contributed by atoms with Crippen LogP contribution in [0.2, 0.25) is 0 Å². The second-order valence-electron chi connectivity index (χ2n) is 20.4. The lowest BCUT2D eigenvalue weighted by Crippen LogP contribution is -2.47. The zero-order valence-corrected chi connectivity index (χ0v) is 45.8. The van der Waals surface area contributed by atoms with Gasteiger partial charge in [0, 0.05) is 12.8 Å². The molecule has 67 heavy (non-hydrogen) atoms. The number of carbonyl (C=O) groups excluding carboxylic acids is 2. The third kappa shape index (κ3) is 49.0. The van der Waals surface area contributed by atoms with Gasteiger partial charge in [-0.05, 0) is 83.1 Å². The van der Waals surface area contributed by atoms with Gasteiger partial charge in [0.2, 0.25) is 5.91 Å². The van der Waals surface area contributed by atoms with E-state index in [1.807, 2.05) is 33.3 Å². The van der Waals surface area contributed by atoms with Crippen LogP contribution in [0.3, 0.4) is 0 Å². The number of nitrogens with one attached hydrogen (secondary N) is 1. The first-order valence-electron chi connectivity index (χ1n) is 28.3. The van der Waals surface area contributed by atoms with Gasteiger partial charge in [0.1, 0.15) is 19.3 Å². The molecular weight excluding hydrogens is 856 g/mol. The number of allylic oxidation sites excluding steroid dienone is 5. The molecule has 0 aromatic rings. The van der Waals surface area contributed by atoms with Gasteiger partial charge >= 0.3 is 5.97 Å². The van der Waals surface area contributed by atoms with Crippen molar-refractivity contribution in [3.05, 3.63) is 36.5 Å². The Morgan fingerprint density at radius 2 is 0.866 bits per heavy atom. The number of rotatable bonds is 51. The average molecular weight is 965 g/mol. The Kier molecular flexibility index (Phi) is 46.6. The van der Waals surface area contributed by atoms with Crippen LogP contribution < -0.4 is 10.2 Å². The van der Waals surface area contributed by atoms with Crippen LogP contribution in [0.5, 0.6) is 0 Å². The predicted molar refractivity (Wildman–Crippen MR) is 284 cm³/mol. The zero-order chi connectivity index (χ0) is 49.4. The third-order valence-corrected chi connectivity index (χ3v) is 13.5. The van der Waals surface area contributed by atoms with Gasteiger partial charge in [0.05, 0.1) is 33.8 Å². The molecule has 0 rings (SSSR count). The molecule has 1 N–H and O–H groups in total. The highest BCUT2D eigenvalue weighted by atomic mass is 31.2. The molecule has 0 aliphatic carbocycles. The van der Waals surface area contributed by atoms with Crippen LogP contribution in [-0.2, 0) is 27.9 Å². The second kappa shape index (κ2) is 47.9. The summed E-state index contributed by atoms with van der Waals surface area (Å²) in [4.78, 5) is 39.8. The van der Waals surface area contributed by atoms with Crippen molar-refractivity contribution in [2.45, 2.75) is 277 Å². The molecule has 0 saturated carbocycles. The number of hydrogen-bond acceptors (Lipinski definition) is 7. The third-order valence-electron chi connectivity index (χ3n) is 12.5. The first kappa shape index (κ1) is 65.2. The van der Waals surface area contributed by atoms with Crippen molar-refractivity contribution < 1.29 is 37.3 Å². The van der Waals surface area contributed by atoms with E-state index in [2.05, 4.69) is 50.4 Å². The maximum absolute atomic E-state index is 13.4. The summed E-state index contributed by atoms with van der Waals surface area (Å²) in [6.07, 6.45) is 55.3. The molecule has 0 fully saturated rings. The molecule has 0 spiro atoms. The summed E-state index contributed by atoms with van der Waals surface area (Å²) in [5.74, 6) is -0.559. The van der Waals surface area contributed by atoms with Gasteiger partial charge in [-0.2, -0.15) is 0 Å². The Morgan fingerprint density at radius 1 is 0.507 bits per heavy atom. The Labute approximate surface area is 415 Å². The number of phosphoric acid groups is 1. The van der Waals surface area contributed by atoms with Crippen LogP contribution in [0.15, 0.2) is 36.5 Å². The number of amides is 1. The Morgan fingerprint density at radius 3 is 1.30 bits per heavy atom. The highest BCUT2D eigenvalue weighted by molar-refractivity contribution is 7.45. The number of phosphoric ester groups is 1. The Bertz CT molecular complexity index is 1250. The summed E-state index contributed by atoms with van der Waals surface area (Å²) in [6.45, 7) is 6.82. The van der Waals surface area contributed by atoms with Crippen molar-refractivity contribution in [1.82, 2.24) is 5.32 Å². The van der Waals surface area contributed by atoms with E-state index < -0.39 is 26.6 Å². The van der Waals surface area contributed by atoms with Crippen molar-refractivity contribution in [2.75, 3.05) is 40.9 Å². The first-order valence-corrected chi connectivity index (χ1v) is 29.8. The van der Waals surface area contributed by atoms with E-state index in [4.69, 9.17) is 13.8 Å². The normalized spacial score (nSPS) is 14.1. The monoisotopic (exact) mass is 965 g/mol. The van der Waals surface area contributed by atoms with Crippen LogP contribution in [0.4, 0.5) is 0 Å². The van der Waals surface area contributed by atoms with Crippen LogP contribution in [0.1, 0.15) is 265 Å². The van der Waals surface area contributed by atoms with Crippen molar-refractivity contribution in [2.24, 2.45) is 0 Å². The van der Waals surface area contributed by atoms with Gasteiger partial charge in [0.25, 0.3) is 7.82 Å². The molecule has 0 heterocycles. The summed E-state index contributed by atoms with van der Waals surface area (Å²) in [5, 5.41) is 3.01. The lowest BCUT2D eigenvalue weighted by atomic mass is 10.0. The average Bonchev–Trinajstić information content (AvgIpc) is 3.28. The molecule has 3 atom stereocenters. The highest BCUT2D eigenvalue weighted by Gasteiger charge is 2.27. The quantitative estimate of drug-likeness (QED) is 0.0212. The van der Waals surface area contributed by atoms with Crippen molar-refractivity contribution >= 4 is 19.7 Å². The van der Waals surface area contributed by atoms with E-state index in [-0.39, 0.29) is 24.9 Å². The van der Waals surface area contributed by atoms with Crippen LogP contribution >= 0.6 is 7.82 Å². The summed E-state index contributed by atoms with van der Waals surface area (Å²) in [7, 11) is 1.18. The summed E-state index contributed by atoms with van der Waals surface area (Å²) in [5.41, 5.74) is 0. The number of hydrogen-bond donors (Lipinski definition) is 1. The SMILES string of the molecule is CCCCCC/C=C\CCCCCCCCCC(=O)OC(/C=C/CCCCCCCCCCCC)C(COP(=O)([O-])OCC[N+](C)(C)C)NC(=O)CCCCC/C=C\CCCCCCCCC. The standard InChI is InChI=1S/C57H109N2O7P/c1-7-10-13-16-19-22-25-28-30-32-35-38-41-44-47-50-57(61)66-55(48-45-42-39-36-33-27-24-21-18-15-12-9-3)54(53-65-67(62,63)64-52-51-59(4,5)6)58-56(60)49-46-43-40-37-34-31-29-26-23-20-17-14-11-8-2/h22,25,31,34,45,48,54-55H,7-21,23-24,26-30,32-33,35-44,46-47,49-53H2,1-6H3,(H-,58,60,62,63)/b25-22-,34-31-,48-45+. The predicted octanol–water partition coefficient (Wildman–Crippen LogP) is 16.1. The topological polar surface area (TPSA) is 114 Å². The van der Waals surface area contributed by atoms with Gasteiger partial charge < -0.3 is 28.5 Å². The number of quaternary nitrogens is 1. The minimum Gasteiger partial charge on any atom is -0.756 e. The number of carbonyl (C=O) groups is 2. The summed E-state index contributed by atoms with van der Waals surface area (Å²) < 4.78 is 30.2. The maximum Gasteiger partial charge on any atom is 0.306 e. The fourth-order valence-corrected chi connectivity index (χ4v) is 8.82. The number of nitrogens with zero attached hydrogens (tertiary/aromatic N) is 1. The fraction of sp³-hybridized carbons (Fsp3) is 0.860. The van der Waals surface area contributed by atoms with Gasteiger partial charge in [-0.15, -0.1) is 0 Å². The molecule has 0 aromatic carbocycles. The molecule has 10 heteroatoms. The Balaban J connectivity index is 5.39. The van der Waals surface area contributed by atoms with Crippen LogP contribution in [0, 0.1) is 0 Å². The summed E-state index contributed by atoms with van der Waals surface area (Å²) >= 11 is 0. The molecule has 394 valence electrons. The van der Waals surface area contributed by atoms with E-state index in [1.165, 1.54) is 148 Å². The lowest BCUT2D eigenvalue weighted by Gasteiger charge is -2.30. The van der Waals surface area contributed by atoms with Gasteiger partial charge in [0.15, 0.2) is 0 Å². The number of ether oxygens (including phenoxy) is 1. The summed E-state index contributed by atoms with van der Waals surface area (Å²) in [6, 6.07) is -0.893. The number of likely N-dealkylation sites (N-methyl/N-ethyl adjacent to an activating group) is 1. The molecule has 9 nitrogen and oxygen atoms in total. The zero-order valence-electron chi connectivity index (χ0n) is 44.9. The fourth-order valence-electron chi connectivity index (χ4n) is 8.10. The molecule has 0 saturated heterocycles.